The molecule has 1 aromatic carbocycles. The first-order valence-corrected chi connectivity index (χ1v) is 4.00. The molecule has 1 aromatic rings. The molecule has 62 valence electrons. The van der Waals surface area contributed by atoms with E-state index in [1.165, 1.54) is 6.08 Å². The summed E-state index contributed by atoms with van der Waals surface area (Å²) in [7, 11) is 0. The van der Waals surface area contributed by atoms with Gasteiger partial charge in [0.2, 0.25) is 12.4 Å². The Bertz CT molecular complexity index is 323. The maximum absolute atomic E-state index is 12.9. The van der Waals surface area contributed by atoms with Gasteiger partial charge in [-0.3, -0.25) is 0 Å². The second-order valence-electron chi connectivity index (χ2n) is 2.11. The fourth-order valence-corrected chi connectivity index (χ4v) is 1.19. The summed E-state index contributed by atoms with van der Waals surface area (Å²) in [4.78, 5) is 12.7. The number of aliphatic imine (C=N–C) groups is 1. The van der Waals surface area contributed by atoms with E-state index in [0.29, 0.717) is 5.56 Å². The summed E-state index contributed by atoms with van der Waals surface area (Å²) in [5.74, 6) is 0. The molecule has 0 aliphatic heterocycles. The predicted molar refractivity (Wildman–Crippen MR) is 46.1 cm³/mol. The van der Waals surface area contributed by atoms with Crippen molar-refractivity contribution in [3.8, 4) is 0 Å². The van der Waals surface area contributed by atoms with E-state index in [1.54, 1.807) is 24.3 Å². The minimum absolute atomic E-state index is 0.340. The first-order chi connectivity index (χ1) is 5.74. The highest BCUT2D eigenvalue weighted by Gasteiger charge is 2.06. The number of halogens is 2. The average molecular weight is 230 g/mol. The molecular weight excluding hydrogens is 225 g/mol. The number of carbonyl (C=O) groups excluding carboxylic acids is 1. The summed E-state index contributed by atoms with van der Waals surface area (Å²) in [5, 5.41) is 0. The molecular formula is C8H5BrFNO. The normalized spacial score (nSPS) is 11.8. The molecule has 0 aliphatic carbocycles. The summed E-state index contributed by atoms with van der Waals surface area (Å²) in [6, 6.07) is 6.55. The number of rotatable bonds is 2. The molecule has 1 unspecified atom stereocenters. The van der Waals surface area contributed by atoms with E-state index in [2.05, 4.69) is 20.9 Å². The average Bonchev–Trinajstić information content (AvgIpc) is 2.05. The van der Waals surface area contributed by atoms with Crippen molar-refractivity contribution in [3.63, 3.8) is 0 Å². The summed E-state index contributed by atoms with van der Waals surface area (Å²) >= 11 is 3.17. The van der Waals surface area contributed by atoms with Crippen molar-refractivity contribution in [1.29, 1.82) is 0 Å². The topological polar surface area (TPSA) is 29.4 Å². The lowest BCUT2D eigenvalue weighted by Crippen LogP contribution is -1.86. The summed E-state index contributed by atoms with van der Waals surface area (Å²) < 4.78 is 13.6. The van der Waals surface area contributed by atoms with Gasteiger partial charge in [0.25, 0.3) is 0 Å². The quantitative estimate of drug-likeness (QED) is 0.436. The maximum atomic E-state index is 12.9. The SMILES string of the molecule is O=C=NC(F)c1cccc(Br)c1. The van der Waals surface area contributed by atoms with Gasteiger partial charge in [-0.1, -0.05) is 28.1 Å². The number of hydrogen-bond donors (Lipinski definition) is 0. The number of alkyl halides is 1. The third-order valence-corrected chi connectivity index (χ3v) is 1.78. The van der Waals surface area contributed by atoms with Crippen LogP contribution in [0.5, 0.6) is 0 Å². The van der Waals surface area contributed by atoms with Gasteiger partial charge in [0.1, 0.15) is 0 Å². The molecule has 0 heterocycles. The van der Waals surface area contributed by atoms with E-state index < -0.39 is 6.30 Å². The molecule has 0 bridgehead atoms. The Morgan fingerprint density at radius 1 is 1.58 bits per heavy atom. The Balaban J connectivity index is 2.94. The fourth-order valence-electron chi connectivity index (χ4n) is 0.776. The molecule has 0 saturated carbocycles. The zero-order valence-corrected chi connectivity index (χ0v) is 7.58. The van der Waals surface area contributed by atoms with Gasteiger partial charge in [0.05, 0.1) is 0 Å². The van der Waals surface area contributed by atoms with Gasteiger partial charge in [0, 0.05) is 10.0 Å². The van der Waals surface area contributed by atoms with Crippen LogP contribution in [0.25, 0.3) is 0 Å². The minimum Gasteiger partial charge on any atom is -0.215 e. The first kappa shape index (κ1) is 9.10. The molecule has 2 nitrogen and oxygen atoms in total. The van der Waals surface area contributed by atoms with Crippen LogP contribution >= 0.6 is 15.9 Å². The Labute approximate surface area is 77.3 Å². The molecule has 4 heteroatoms. The number of isocyanates is 1. The molecule has 12 heavy (non-hydrogen) atoms. The van der Waals surface area contributed by atoms with Gasteiger partial charge >= 0.3 is 0 Å². The van der Waals surface area contributed by atoms with E-state index in [1.807, 2.05) is 0 Å². The largest absolute Gasteiger partial charge is 0.238 e. The lowest BCUT2D eigenvalue weighted by atomic mass is 10.2. The monoisotopic (exact) mass is 229 g/mol. The molecule has 1 atom stereocenters. The first-order valence-electron chi connectivity index (χ1n) is 3.20. The highest BCUT2D eigenvalue weighted by Crippen LogP contribution is 2.21. The molecule has 0 spiro atoms. The van der Waals surface area contributed by atoms with Crippen LogP contribution in [0.15, 0.2) is 33.7 Å². The standard InChI is InChI=1S/C8H5BrFNO/c9-7-3-1-2-6(4-7)8(10)11-5-12/h1-4,8H. The molecule has 1 rings (SSSR count). The van der Waals surface area contributed by atoms with Crippen molar-refractivity contribution in [2.75, 3.05) is 0 Å². The lowest BCUT2D eigenvalue weighted by Gasteiger charge is -2.00. The smallest absolute Gasteiger partial charge is 0.215 e. The van der Waals surface area contributed by atoms with Gasteiger partial charge in [-0.25, -0.2) is 9.18 Å². The molecule has 0 aromatic heterocycles. The van der Waals surface area contributed by atoms with Crippen molar-refractivity contribution in [3.05, 3.63) is 34.3 Å². The molecule has 0 saturated heterocycles. The Hall–Kier alpha value is -0.990. The van der Waals surface area contributed by atoms with Crippen LogP contribution in [0.4, 0.5) is 4.39 Å². The van der Waals surface area contributed by atoms with Gasteiger partial charge in [0.15, 0.2) is 0 Å². The number of nitrogens with zero attached hydrogens (tertiary/aromatic N) is 1. The van der Waals surface area contributed by atoms with E-state index in [0.717, 1.165) is 4.47 Å². The van der Waals surface area contributed by atoms with Gasteiger partial charge in [-0.2, -0.15) is 4.99 Å². The van der Waals surface area contributed by atoms with Crippen molar-refractivity contribution in [2.45, 2.75) is 6.30 Å². The second kappa shape index (κ2) is 4.14. The Kier molecular flexibility index (Phi) is 3.14. The lowest BCUT2D eigenvalue weighted by molar-refractivity contribution is 0.356. The summed E-state index contributed by atoms with van der Waals surface area (Å²) in [6.07, 6.45) is -0.441. The van der Waals surface area contributed by atoms with Crippen LogP contribution in [0.3, 0.4) is 0 Å². The second-order valence-corrected chi connectivity index (χ2v) is 3.03. The van der Waals surface area contributed by atoms with Gasteiger partial charge < -0.3 is 0 Å². The van der Waals surface area contributed by atoms with Crippen LogP contribution in [0.1, 0.15) is 11.9 Å². The van der Waals surface area contributed by atoms with Crippen LogP contribution in [0, 0.1) is 0 Å². The summed E-state index contributed by atoms with van der Waals surface area (Å²) in [6.45, 7) is 0. The third kappa shape index (κ3) is 2.26. The predicted octanol–water partition coefficient (Wildman–Crippen LogP) is 2.75. The highest BCUT2D eigenvalue weighted by molar-refractivity contribution is 9.10. The summed E-state index contributed by atoms with van der Waals surface area (Å²) in [5.41, 5.74) is 0.340. The Morgan fingerprint density at radius 2 is 2.33 bits per heavy atom. The van der Waals surface area contributed by atoms with E-state index in [9.17, 15) is 9.18 Å². The minimum atomic E-state index is -1.61. The van der Waals surface area contributed by atoms with E-state index in [4.69, 9.17) is 0 Å². The van der Waals surface area contributed by atoms with Crippen LogP contribution < -0.4 is 0 Å². The van der Waals surface area contributed by atoms with Crippen molar-refractivity contribution in [2.24, 2.45) is 4.99 Å². The van der Waals surface area contributed by atoms with Crippen LogP contribution in [0.2, 0.25) is 0 Å². The van der Waals surface area contributed by atoms with Crippen LogP contribution in [-0.2, 0) is 4.79 Å². The van der Waals surface area contributed by atoms with Crippen molar-refractivity contribution < 1.29 is 9.18 Å². The van der Waals surface area contributed by atoms with Gasteiger partial charge in [-0.15, -0.1) is 0 Å². The number of hydrogen-bond acceptors (Lipinski definition) is 2. The zero-order valence-electron chi connectivity index (χ0n) is 6.00. The molecule has 0 N–H and O–H groups in total. The maximum Gasteiger partial charge on any atom is 0.238 e. The zero-order chi connectivity index (χ0) is 8.97. The molecule has 0 amide bonds. The third-order valence-electron chi connectivity index (χ3n) is 1.29. The number of benzene rings is 1. The van der Waals surface area contributed by atoms with E-state index in [-0.39, 0.29) is 0 Å². The van der Waals surface area contributed by atoms with Crippen molar-refractivity contribution in [1.82, 2.24) is 0 Å². The van der Waals surface area contributed by atoms with Crippen LogP contribution in [-0.4, -0.2) is 6.08 Å². The molecule has 0 fully saturated rings. The molecule has 0 radical (unpaired) electrons. The van der Waals surface area contributed by atoms with Crippen molar-refractivity contribution >= 4 is 22.0 Å². The fraction of sp³-hybridized carbons (Fsp3) is 0.125. The Morgan fingerprint density at radius 3 is 2.92 bits per heavy atom. The molecule has 0 aliphatic rings. The van der Waals surface area contributed by atoms with E-state index >= 15 is 0 Å². The van der Waals surface area contributed by atoms with Gasteiger partial charge in [-0.05, 0) is 12.1 Å². The highest BCUT2D eigenvalue weighted by atomic mass is 79.9.